The zero-order valence-electron chi connectivity index (χ0n) is 26.6. The van der Waals surface area contributed by atoms with Gasteiger partial charge >= 0.3 is 6.01 Å². The zero-order chi connectivity index (χ0) is 33.1. The van der Waals surface area contributed by atoms with Gasteiger partial charge in [0.05, 0.1) is 17.8 Å². The number of likely N-dealkylation sites (tertiary alicyclic amines) is 1. The second kappa shape index (κ2) is 10.6. The summed E-state index contributed by atoms with van der Waals surface area (Å²) in [4.78, 5) is 13.7. The van der Waals surface area contributed by atoms with Gasteiger partial charge in [-0.2, -0.15) is 9.97 Å². The number of aliphatic hydroxyl groups is 1. The van der Waals surface area contributed by atoms with E-state index in [0.717, 1.165) is 69.8 Å². The lowest BCUT2D eigenvalue weighted by Crippen LogP contribution is -2.51. The van der Waals surface area contributed by atoms with Crippen LogP contribution in [0.2, 0.25) is 0 Å². The maximum absolute atomic E-state index is 16.8. The molecule has 3 saturated heterocycles. The molecule has 48 heavy (non-hydrogen) atoms. The van der Waals surface area contributed by atoms with E-state index in [-0.39, 0.29) is 62.4 Å². The summed E-state index contributed by atoms with van der Waals surface area (Å²) in [6.45, 7) is 5.14. The number of aromatic hydroxyl groups is 1. The summed E-state index contributed by atoms with van der Waals surface area (Å²) in [5.41, 5.74) is -1.85. The van der Waals surface area contributed by atoms with Crippen LogP contribution < -0.4 is 15.0 Å². The molecule has 1 aromatic heterocycles. The Balaban J connectivity index is 1.11. The number of rotatable bonds is 7. The van der Waals surface area contributed by atoms with Gasteiger partial charge in [-0.25, -0.2) is 17.6 Å². The Morgan fingerprint density at radius 3 is 2.44 bits per heavy atom. The van der Waals surface area contributed by atoms with Crippen molar-refractivity contribution in [2.45, 2.75) is 69.2 Å². The van der Waals surface area contributed by atoms with Gasteiger partial charge in [-0.15, -0.1) is 0 Å². The smallest absolute Gasteiger partial charge is 0.319 e. The number of ether oxygens (including phenoxy) is 1. The number of benzene rings is 3. The van der Waals surface area contributed by atoms with Gasteiger partial charge in [0.25, 0.3) is 0 Å². The molecule has 0 amide bonds. The fraction of sp³-hybridized carbons (Fsp3) is 0.500. The first-order chi connectivity index (χ1) is 23.0. The maximum Gasteiger partial charge on any atom is 0.319 e. The van der Waals surface area contributed by atoms with Crippen molar-refractivity contribution in [2.75, 3.05) is 37.7 Å². The third-order valence-electron chi connectivity index (χ3n) is 11.7. The van der Waals surface area contributed by atoms with E-state index in [4.69, 9.17) is 9.72 Å². The largest absolute Gasteiger partial charge is 0.508 e. The quantitative estimate of drug-likeness (QED) is 0.219. The van der Waals surface area contributed by atoms with Gasteiger partial charge in [-0.1, -0.05) is 6.07 Å². The minimum Gasteiger partial charge on any atom is -0.508 e. The van der Waals surface area contributed by atoms with Crippen molar-refractivity contribution in [2.24, 2.45) is 11.3 Å². The van der Waals surface area contributed by atoms with Crippen molar-refractivity contribution in [1.82, 2.24) is 20.2 Å². The Bertz CT molecular complexity index is 1980. The molecular formula is C36H37F4N5O3. The van der Waals surface area contributed by atoms with E-state index in [9.17, 15) is 14.6 Å². The molecule has 5 fully saturated rings. The highest BCUT2D eigenvalue weighted by molar-refractivity contribution is 6.02. The monoisotopic (exact) mass is 663 g/mol. The van der Waals surface area contributed by atoms with Crippen LogP contribution in [0, 0.1) is 34.6 Å². The van der Waals surface area contributed by atoms with Gasteiger partial charge < -0.3 is 25.2 Å². The predicted molar refractivity (Wildman–Crippen MR) is 172 cm³/mol. The number of halogens is 4. The lowest BCUT2D eigenvalue weighted by Gasteiger charge is -2.37. The van der Waals surface area contributed by atoms with Gasteiger partial charge in [0, 0.05) is 72.0 Å². The van der Waals surface area contributed by atoms with Crippen molar-refractivity contribution < 1.29 is 32.5 Å². The van der Waals surface area contributed by atoms with Gasteiger partial charge in [0.15, 0.2) is 17.5 Å². The number of hydrogen-bond donors (Lipinski definition) is 3. The first-order valence-electron chi connectivity index (χ1n) is 16.9. The average molecular weight is 664 g/mol. The summed E-state index contributed by atoms with van der Waals surface area (Å²) in [5, 5.41) is 24.6. The number of fused-ring (bicyclic) bond motifs is 6. The Morgan fingerprint density at radius 1 is 0.979 bits per heavy atom. The van der Waals surface area contributed by atoms with Crippen LogP contribution in [-0.2, 0) is 0 Å². The number of phenols is 1. The van der Waals surface area contributed by atoms with Crippen LogP contribution in [0.25, 0.3) is 32.8 Å². The van der Waals surface area contributed by atoms with Gasteiger partial charge in [0.1, 0.15) is 22.9 Å². The molecule has 4 bridgehead atoms. The van der Waals surface area contributed by atoms with E-state index in [1.807, 2.05) is 11.8 Å². The number of nitrogens with zero attached hydrogens (tertiary/aromatic N) is 4. The normalized spacial score (nSPS) is 29.0. The number of phenolic OH excluding ortho intramolecular Hbond substituents is 1. The standard InChI is InChI=1S/C36H37F4N5O3/c1-35(47)12-22-9-19(35)13-45(22)16-36(6-7-36)17-48-34-42-32-25(33(43-34)44-14-20-3-4-21(15-44)41-20)11-27(38)29(31(32)40)24-10-23(46)8-18-2-5-26(37)30(39)28(18)24/h2,5,8,10-11,19-22,41,46-47H,3-4,6-7,9,12-17H2,1H3. The highest BCUT2D eigenvalue weighted by Gasteiger charge is 2.54. The molecule has 3 N–H and O–H groups in total. The van der Waals surface area contributed by atoms with Crippen molar-refractivity contribution in [3.63, 3.8) is 0 Å². The average Bonchev–Trinajstić information content (AvgIpc) is 3.42. The highest BCUT2D eigenvalue weighted by atomic mass is 19.2. The summed E-state index contributed by atoms with van der Waals surface area (Å²) in [5.74, 6) is -4.25. The molecule has 2 aliphatic carbocycles. The first-order valence-corrected chi connectivity index (χ1v) is 16.9. The van der Waals surface area contributed by atoms with Crippen molar-refractivity contribution in [1.29, 1.82) is 0 Å². The van der Waals surface area contributed by atoms with Crippen LogP contribution in [0.3, 0.4) is 0 Å². The van der Waals surface area contributed by atoms with Gasteiger partial charge in [-0.05, 0) is 75.1 Å². The lowest BCUT2D eigenvalue weighted by atomic mass is 9.91. The molecule has 0 spiro atoms. The molecule has 2 saturated carbocycles. The zero-order valence-corrected chi connectivity index (χ0v) is 26.6. The Kier molecular flexibility index (Phi) is 6.72. The Labute approximate surface area is 274 Å². The summed E-state index contributed by atoms with van der Waals surface area (Å²) >= 11 is 0. The summed E-state index contributed by atoms with van der Waals surface area (Å²) in [7, 11) is 0. The minimum absolute atomic E-state index is 0.0324. The number of piperazine rings is 1. The van der Waals surface area contributed by atoms with Crippen molar-refractivity contribution in [3.8, 4) is 22.9 Å². The van der Waals surface area contributed by atoms with Gasteiger partial charge in [-0.3, -0.25) is 4.90 Å². The number of piperidine rings is 1. The molecule has 4 heterocycles. The summed E-state index contributed by atoms with van der Waals surface area (Å²) < 4.78 is 68.7. The van der Waals surface area contributed by atoms with Crippen LogP contribution in [0.1, 0.15) is 45.4 Å². The fourth-order valence-corrected chi connectivity index (χ4v) is 8.92. The maximum atomic E-state index is 16.8. The third-order valence-corrected chi connectivity index (χ3v) is 11.7. The summed E-state index contributed by atoms with van der Waals surface area (Å²) in [6.07, 6.45) is 5.68. The highest BCUT2D eigenvalue weighted by Crippen LogP contribution is 2.51. The van der Waals surface area contributed by atoms with E-state index >= 15 is 13.2 Å². The van der Waals surface area contributed by atoms with Crippen LogP contribution in [0.15, 0.2) is 30.3 Å². The van der Waals surface area contributed by atoms with Crippen LogP contribution in [0.4, 0.5) is 23.4 Å². The van der Waals surface area contributed by atoms with Crippen molar-refractivity contribution in [3.05, 3.63) is 53.6 Å². The molecule has 252 valence electrons. The van der Waals surface area contributed by atoms with Crippen LogP contribution >= 0.6 is 0 Å². The summed E-state index contributed by atoms with van der Waals surface area (Å²) in [6, 6.07) is 6.30. The molecule has 4 aromatic rings. The molecular weight excluding hydrogens is 626 g/mol. The molecule has 5 atom stereocenters. The van der Waals surface area contributed by atoms with E-state index in [2.05, 4.69) is 15.2 Å². The second-order valence-corrected chi connectivity index (χ2v) is 15.1. The number of nitrogens with one attached hydrogen (secondary N) is 1. The van der Waals surface area contributed by atoms with E-state index < -0.39 is 34.4 Å². The second-order valence-electron chi connectivity index (χ2n) is 15.1. The lowest BCUT2D eigenvalue weighted by molar-refractivity contribution is -0.0217. The van der Waals surface area contributed by atoms with E-state index in [0.29, 0.717) is 31.6 Å². The SMILES string of the molecule is CC1(O)CC2CC1CN2CC1(COc2nc(N3CC4CCC(C3)N4)c3cc(F)c(-c4cc(O)cc5ccc(F)c(F)c45)c(F)c3n2)CC1. The predicted octanol–water partition coefficient (Wildman–Crippen LogP) is 5.66. The molecule has 5 unspecified atom stereocenters. The topological polar surface area (TPSA) is 94.0 Å². The number of hydrogen-bond acceptors (Lipinski definition) is 8. The van der Waals surface area contributed by atoms with Crippen LogP contribution in [0.5, 0.6) is 11.8 Å². The fourth-order valence-electron chi connectivity index (χ4n) is 8.92. The molecule has 12 heteroatoms. The molecule has 0 radical (unpaired) electrons. The Hall–Kier alpha value is -3.74. The molecule has 9 rings (SSSR count). The van der Waals surface area contributed by atoms with Crippen LogP contribution in [-0.4, -0.2) is 81.6 Å². The number of aromatic nitrogens is 2. The molecule has 5 aliphatic rings. The van der Waals surface area contributed by atoms with Crippen molar-refractivity contribution >= 4 is 27.5 Å². The minimum atomic E-state index is -1.27. The van der Waals surface area contributed by atoms with Gasteiger partial charge in [0.2, 0.25) is 0 Å². The Morgan fingerprint density at radius 2 is 1.75 bits per heavy atom. The van der Waals surface area contributed by atoms with E-state index in [1.54, 1.807) is 0 Å². The van der Waals surface area contributed by atoms with E-state index in [1.165, 1.54) is 12.1 Å². The third kappa shape index (κ3) is 4.89. The number of anilines is 1. The first kappa shape index (κ1) is 30.3. The molecule has 3 aromatic carbocycles. The molecule has 8 nitrogen and oxygen atoms in total. The molecule has 3 aliphatic heterocycles.